The first-order valence-corrected chi connectivity index (χ1v) is 16.9. The first kappa shape index (κ1) is 28.9. The predicted octanol–water partition coefficient (Wildman–Crippen LogP) is 5.12. The van der Waals surface area contributed by atoms with Crippen molar-refractivity contribution in [3.8, 4) is 10.6 Å². The van der Waals surface area contributed by atoms with E-state index in [1.165, 1.54) is 4.31 Å². The van der Waals surface area contributed by atoms with Gasteiger partial charge in [-0.15, -0.1) is 11.3 Å². The summed E-state index contributed by atoms with van der Waals surface area (Å²) >= 11 is 0.697. The van der Waals surface area contributed by atoms with Gasteiger partial charge in [0.15, 0.2) is 19.8 Å². The van der Waals surface area contributed by atoms with Gasteiger partial charge in [0.1, 0.15) is 10.7 Å². The molecule has 0 saturated carbocycles. The second kappa shape index (κ2) is 10.2. The number of alkyl halides is 3. The number of piperidine rings is 1. The van der Waals surface area contributed by atoms with Crippen molar-refractivity contribution in [2.75, 3.05) is 24.7 Å². The molecule has 0 bridgehead atoms. The molecule has 8 nitrogen and oxygen atoms in total. The van der Waals surface area contributed by atoms with Crippen molar-refractivity contribution in [2.24, 2.45) is 0 Å². The maximum Gasteiger partial charge on any atom is 0.434 e. The standard InChI is InChI=1S/C21H31F4N5O3S2Si/c1-20(2,3)36(5,6)33-12-15-28-18(21(23,24)25)17(34-15)16-14(22)11-26-19(29-16)27-13-7-9-30(10-8-13)35(4,31)32/h11,13H,7-10,12H2,1-6H3,(H,26,27,29). The van der Waals surface area contributed by atoms with Crippen LogP contribution in [-0.2, 0) is 27.2 Å². The molecule has 3 rings (SSSR count). The van der Waals surface area contributed by atoms with Crippen molar-refractivity contribution in [2.45, 2.75) is 70.6 Å². The Morgan fingerprint density at radius 3 is 2.33 bits per heavy atom. The van der Waals surface area contributed by atoms with Gasteiger partial charge in [-0.25, -0.2) is 32.1 Å². The molecule has 0 radical (unpaired) electrons. The first-order chi connectivity index (χ1) is 16.4. The summed E-state index contributed by atoms with van der Waals surface area (Å²) in [6.45, 7) is 10.5. The number of thiazole rings is 1. The minimum Gasteiger partial charge on any atom is -0.410 e. The fraction of sp³-hybridized carbons (Fsp3) is 0.667. The number of anilines is 1. The Balaban J connectivity index is 1.85. The molecule has 0 aliphatic carbocycles. The van der Waals surface area contributed by atoms with Crippen LogP contribution in [0.1, 0.15) is 44.3 Å². The molecule has 15 heteroatoms. The molecular formula is C21H31F4N5O3S2Si. The van der Waals surface area contributed by atoms with Gasteiger partial charge in [0, 0.05) is 19.1 Å². The quantitative estimate of drug-likeness (QED) is 0.365. The normalized spacial score (nSPS) is 16.9. The topological polar surface area (TPSA) is 97.3 Å². The Bertz CT molecular complexity index is 1190. The molecule has 1 fully saturated rings. The third-order valence-corrected chi connectivity index (χ3v) is 13.3. The van der Waals surface area contributed by atoms with Crippen molar-refractivity contribution in [1.29, 1.82) is 0 Å². The van der Waals surface area contributed by atoms with E-state index in [4.69, 9.17) is 4.43 Å². The lowest BCUT2D eigenvalue weighted by atomic mass is 10.1. The Labute approximate surface area is 213 Å². The molecule has 0 aromatic carbocycles. The van der Waals surface area contributed by atoms with Gasteiger partial charge in [-0.1, -0.05) is 20.8 Å². The van der Waals surface area contributed by atoms with Crippen LogP contribution in [0.15, 0.2) is 6.20 Å². The number of aromatic nitrogens is 3. The van der Waals surface area contributed by atoms with Crippen molar-refractivity contribution in [1.82, 2.24) is 19.3 Å². The molecule has 0 spiro atoms. The van der Waals surface area contributed by atoms with Gasteiger partial charge in [-0.05, 0) is 31.0 Å². The minimum atomic E-state index is -4.81. The molecule has 3 heterocycles. The Hall–Kier alpha value is -1.68. The van der Waals surface area contributed by atoms with Gasteiger partial charge in [-0.3, -0.25) is 0 Å². The summed E-state index contributed by atoms with van der Waals surface area (Å²) in [6.07, 6.45) is -1.96. The van der Waals surface area contributed by atoms with Gasteiger partial charge < -0.3 is 9.74 Å². The summed E-state index contributed by atoms with van der Waals surface area (Å²) in [5.74, 6) is -1.04. The molecule has 0 amide bonds. The number of nitrogens with zero attached hydrogens (tertiary/aromatic N) is 4. The van der Waals surface area contributed by atoms with Gasteiger partial charge in [-0.2, -0.15) is 13.2 Å². The third kappa shape index (κ3) is 6.79. The Kier molecular flexibility index (Phi) is 8.21. The van der Waals surface area contributed by atoms with Crippen LogP contribution in [-0.4, -0.2) is 61.4 Å². The highest BCUT2D eigenvalue weighted by Crippen LogP contribution is 2.42. The second-order valence-corrected chi connectivity index (χ2v) is 18.2. The van der Waals surface area contributed by atoms with Crippen molar-refractivity contribution in [3.05, 3.63) is 22.7 Å². The monoisotopic (exact) mass is 569 g/mol. The number of nitrogens with one attached hydrogen (secondary N) is 1. The highest BCUT2D eigenvalue weighted by molar-refractivity contribution is 7.88. The van der Waals surface area contributed by atoms with E-state index in [9.17, 15) is 26.0 Å². The fourth-order valence-corrected chi connectivity index (χ4v) is 6.25. The summed E-state index contributed by atoms with van der Waals surface area (Å²) in [5, 5.41) is 2.93. The third-order valence-electron chi connectivity index (χ3n) is 6.52. The average Bonchev–Trinajstić information content (AvgIpc) is 3.17. The summed E-state index contributed by atoms with van der Waals surface area (Å²) in [5.41, 5.74) is -1.71. The first-order valence-electron chi connectivity index (χ1n) is 11.3. The zero-order valence-electron chi connectivity index (χ0n) is 21.0. The van der Waals surface area contributed by atoms with Gasteiger partial charge in [0.05, 0.1) is 23.9 Å². The lowest BCUT2D eigenvalue weighted by Gasteiger charge is -2.35. The van der Waals surface area contributed by atoms with E-state index in [0.29, 0.717) is 24.2 Å². The highest BCUT2D eigenvalue weighted by atomic mass is 32.2. The van der Waals surface area contributed by atoms with Crippen LogP contribution in [0.3, 0.4) is 0 Å². The Morgan fingerprint density at radius 1 is 1.19 bits per heavy atom. The van der Waals surface area contributed by atoms with Crippen LogP contribution in [0, 0.1) is 5.82 Å². The lowest BCUT2D eigenvalue weighted by molar-refractivity contribution is -0.140. The summed E-state index contributed by atoms with van der Waals surface area (Å²) in [6, 6.07) is -0.210. The summed E-state index contributed by atoms with van der Waals surface area (Å²) in [7, 11) is -5.55. The summed E-state index contributed by atoms with van der Waals surface area (Å²) < 4.78 is 86.9. The zero-order chi connectivity index (χ0) is 27.1. The highest BCUT2D eigenvalue weighted by Gasteiger charge is 2.41. The average molecular weight is 570 g/mol. The SMILES string of the molecule is CC(C)(C)[Si](C)(C)OCc1nc(C(F)(F)F)c(-c2nc(NC3CCN(S(C)(=O)=O)CC3)ncc2F)s1. The second-order valence-electron chi connectivity index (χ2n) is 10.3. The van der Waals surface area contributed by atoms with Crippen molar-refractivity contribution >= 4 is 35.6 Å². The molecule has 2 aromatic rings. The van der Waals surface area contributed by atoms with Crippen LogP contribution in [0.5, 0.6) is 0 Å². The van der Waals surface area contributed by atoms with Crippen LogP contribution >= 0.6 is 11.3 Å². The number of rotatable bonds is 7. The maximum atomic E-state index is 14.7. The molecule has 0 unspecified atom stereocenters. The number of sulfonamides is 1. The predicted molar refractivity (Wildman–Crippen MR) is 133 cm³/mol. The smallest absolute Gasteiger partial charge is 0.410 e. The maximum absolute atomic E-state index is 14.7. The van der Waals surface area contributed by atoms with Crippen LogP contribution in [0.25, 0.3) is 10.6 Å². The minimum absolute atomic E-state index is 0.0372. The van der Waals surface area contributed by atoms with Gasteiger partial charge >= 0.3 is 6.18 Å². The van der Waals surface area contributed by atoms with Crippen LogP contribution < -0.4 is 5.32 Å². The van der Waals surface area contributed by atoms with Crippen LogP contribution in [0.2, 0.25) is 18.1 Å². The van der Waals surface area contributed by atoms with E-state index in [1.807, 2.05) is 33.9 Å². The van der Waals surface area contributed by atoms with Crippen LogP contribution in [0.4, 0.5) is 23.5 Å². The molecule has 2 aromatic heterocycles. The molecule has 1 N–H and O–H groups in total. The van der Waals surface area contributed by atoms with E-state index in [2.05, 4.69) is 20.3 Å². The Morgan fingerprint density at radius 2 is 1.81 bits per heavy atom. The van der Waals surface area contributed by atoms with Crippen molar-refractivity contribution < 1.29 is 30.4 Å². The zero-order valence-corrected chi connectivity index (χ0v) is 23.7. The lowest BCUT2D eigenvalue weighted by Crippen LogP contribution is -2.42. The number of hydrogen-bond acceptors (Lipinski definition) is 8. The van der Waals surface area contributed by atoms with E-state index in [1.54, 1.807) is 0 Å². The largest absolute Gasteiger partial charge is 0.434 e. The van der Waals surface area contributed by atoms with E-state index in [-0.39, 0.29) is 41.7 Å². The molecular weight excluding hydrogens is 538 g/mol. The number of hydrogen-bond donors (Lipinski definition) is 1. The molecule has 36 heavy (non-hydrogen) atoms. The van der Waals surface area contributed by atoms with Crippen molar-refractivity contribution in [3.63, 3.8) is 0 Å². The van der Waals surface area contributed by atoms with E-state index < -0.39 is 46.6 Å². The molecule has 1 aliphatic rings. The van der Waals surface area contributed by atoms with E-state index in [0.717, 1.165) is 12.5 Å². The molecule has 1 saturated heterocycles. The van der Waals surface area contributed by atoms with E-state index >= 15 is 0 Å². The molecule has 202 valence electrons. The van der Waals surface area contributed by atoms with Gasteiger partial charge in [0.25, 0.3) is 0 Å². The fourth-order valence-electron chi connectivity index (χ4n) is 3.35. The molecule has 1 aliphatic heterocycles. The molecule has 0 atom stereocenters. The summed E-state index contributed by atoms with van der Waals surface area (Å²) in [4.78, 5) is 11.2. The number of halogens is 4. The van der Waals surface area contributed by atoms with Gasteiger partial charge in [0.2, 0.25) is 16.0 Å².